The van der Waals surface area contributed by atoms with Crippen LogP contribution < -0.4 is 11.3 Å². The van der Waals surface area contributed by atoms with E-state index < -0.39 is 11.6 Å². The molecule has 82 valence electrons. The first-order valence-corrected chi connectivity index (χ1v) is 4.98. The zero-order valence-electron chi connectivity index (χ0n) is 8.56. The first kappa shape index (κ1) is 10.5. The van der Waals surface area contributed by atoms with Crippen LogP contribution in [0.15, 0.2) is 18.2 Å². The SMILES string of the molecule is CC1(C(NN)c2cccc(F)c2F)CC1. The molecule has 0 aromatic heterocycles. The molecule has 2 nitrogen and oxygen atoms in total. The Balaban J connectivity index is 2.38. The Hall–Kier alpha value is -1.00. The van der Waals surface area contributed by atoms with E-state index in [1.807, 2.05) is 6.92 Å². The van der Waals surface area contributed by atoms with Gasteiger partial charge in [0.1, 0.15) is 0 Å². The van der Waals surface area contributed by atoms with E-state index >= 15 is 0 Å². The van der Waals surface area contributed by atoms with Crippen molar-refractivity contribution in [2.24, 2.45) is 11.3 Å². The molecule has 1 saturated carbocycles. The van der Waals surface area contributed by atoms with Crippen LogP contribution in [-0.2, 0) is 0 Å². The number of nitrogens with one attached hydrogen (secondary N) is 1. The van der Waals surface area contributed by atoms with Crippen LogP contribution in [0, 0.1) is 17.0 Å². The first-order chi connectivity index (χ1) is 7.08. The third kappa shape index (κ3) is 1.75. The number of nitrogens with two attached hydrogens (primary N) is 1. The van der Waals surface area contributed by atoms with E-state index in [4.69, 9.17) is 5.84 Å². The molecular formula is C11H14F2N2. The fraction of sp³-hybridized carbons (Fsp3) is 0.455. The van der Waals surface area contributed by atoms with E-state index in [0.29, 0.717) is 5.56 Å². The van der Waals surface area contributed by atoms with Crippen LogP contribution in [-0.4, -0.2) is 0 Å². The van der Waals surface area contributed by atoms with Gasteiger partial charge in [-0.15, -0.1) is 0 Å². The van der Waals surface area contributed by atoms with Gasteiger partial charge in [-0.25, -0.2) is 8.78 Å². The predicted octanol–water partition coefficient (Wildman–Crippen LogP) is 2.27. The van der Waals surface area contributed by atoms with Crippen molar-refractivity contribution in [1.29, 1.82) is 0 Å². The summed E-state index contributed by atoms with van der Waals surface area (Å²) in [6.45, 7) is 2.02. The minimum Gasteiger partial charge on any atom is -0.271 e. The van der Waals surface area contributed by atoms with Crippen LogP contribution in [0.25, 0.3) is 0 Å². The molecule has 0 saturated heterocycles. The van der Waals surface area contributed by atoms with Gasteiger partial charge in [-0.3, -0.25) is 11.3 Å². The van der Waals surface area contributed by atoms with Crippen LogP contribution >= 0.6 is 0 Å². The molecule has 1 fully saturated rings. The van der Waals surface area contributed by atoms with E-state index in [9.17, 15) is 8.78 Å². The lowest BCUT2D eigenvalue weighted by molar-refractivity contribution is 0.354. The van der Waals surface area contributed by atoms with Crippen LogP contribution in [0.3, 0.4) is 0 Å². The van der Waals surface area contributed by atoms with Crippen molar-refractivity contribution >= 4 is 0 Å². The summed E-state index contributed by atoms with van der Waals surface area (Å²) in [7, 11) is 0. The van der Waals surface area contributed by atoms with Gasteiger partial charge < -0.3 is 0 Å². The van der Waals surface area contributed by atoms with Crippen LogP contribution in [0.5, 0.6) is 0 Å². The Morgan fingerprint density at radius 1 is 1.40 bits per heavy atom. The average molecular weight is 212 g/mol. The summed E-state index contributed by atoms with van der Waals surface area (Å²) in [5, 5.41) is 0. The average Bonchev–Trinajstić information content (AvgIpc) is 2.93. The summed E-state index contributed by atoms with van der Waals surface area (Å²) in [4.78, 5) is 0. The number of benzene rings is 1. The minimum atomic E-state index is -0.822. The molecule has 0 aliphatic heterocycles. The summed E-state index contributed by atoms with van der Waals surface area (Å²) in [5.41, 5.74) is 2.86. The highest BCUT2D eigenvalue weighted by atomic mass is 19.2. The molecule has 1 atom stereocenters. The Morgan fingerprint density at radius 2 is 2.07 bits per heavy atom. The topological polar surface area (TPSA) is 38.0 Å². The molecule has 0 amide bonds. The second kappa shape index (κ2) is 3.54. The number of rotatable bonds is 3. The Morgan fingerprint density at radius 3 is 2.60 bits per heavy atom. The molecule has 1 unspecified atom stereocenters. The highest BCUT2D eigenvalue weighted by molar-refractivity contribution is 5.26. The maximum Gasteiger partial charge on any atom is 0.163 e. The van der Waals surface area contributed by atoms with E-state index in [2.05, 4.69) is 5.43 Å². The molecule has 3 N–H and O–H groups in total. The van der Waals surface area contributed by atoms with Crippen LogP contribution in [0.2, 0.25) is 0 Å². The maximum atomic E-state index is 13.5. The summed E-state index contributed by atoms with van der Waals surface area (Å²) in [6, 6.07) is 3.88. The molecule has 0 bridgehead atoms. The molecule has 1 aliphatic rings. The van der Waals surface area contributed by atoms with E-state index in [1.54, 1.807) is 6.07 Å². The third-order valence-electron chi connectivity index (χ3n) is 3.19. The van der Waals surface area contributed by atoms with Crippen molar-refractivity contribution in [3.05, 3.63) is 35.4 Å². The number of hydrazine groups is 1. The van der Waals surface area contributed by atoms with Crippen molar-refractivity contribution in [3.8, 4) is 0 Å². The van der Waals surface area contributed by atoms with Gasteiger partial charge in [0.25, 0.3) is 0 Å². The van der Waals surface area contributed by atoms with Crippen molar-refractivity contribution in [2.45, 2.75) is 25.8 Å². The molecule has 1 aromatic rings. The molecule has 0 spiro atoms. The standard InChI is InChI=1S/C11H14F2N2/c1-11(5-6-11)10(15-14)7-3-2-4-8(12)9(7)13/h2-4,10,15H,5-6,14H2,1H3. The zero-order chi connectivity index (χ0) is 11.1. The van der Waals surface area contributed by atoms with E-state index in [-0.39, 0.29) is 11.5 Å². The van der Waals surface area contributed by atoms with Crippen molar-refractivity contribution in [2.75, 3.05) is 0 Å². The minimum absolute atomic E-state index is 0.0383. The molecule has 2 rings (SSSR count). The second-order valence-electron chi connectivity index (χ2n) is 4.40. The summed E-state index contributed by atoms with van der Waals surface area (Å²) < 4.78 is 26.6. The molecule has 0 heterocycles. The smallest absolute Gasteiger partial charge is 0.163 e. The molecule has 1 aromatic carbocycles. The summed E-state index contributed by atoms with van der Waals surface area (Å²) in [5.74, 6) is 3.79. The molecule has 0 radical (unpaired) electrons. The Kier molecular flexibility index (Phi) is 2.48. The molecule has 1 aliphatic carbocycles. The number of halogens is 2. The van der Waals surface area contributed by atoms with Gasteiger partial charge in [0.15, 0.2) is 11.6 Å². The molecular weight excluding hydrogens is 198 g/mol. The first-order valence-electron chi connectivity index (χ1n) is 4.98. The van der Waals surface area contributed by atoms with Crippen LogP contribution in [0.1, 0.15) is 31.4 Å². The van der Waals surface area contributed by atoms with Crippen molar-refractivity contribution in [1.82, 2.24) is 5.43 Å². The highest BCUT2D eigenvalue weighted by Crippen LogP contribution is 2.54. The summed E-state index contributed by atoms with van der Waals surface area (Å²) in [6.07, 6.45) is 1.97. The van der Waals surface area contributed by atoms with Crippen molar-refractivity contribution in [3.63, 3.8) is 0 Å². The normalized spacial score (nSPS) is 20.0. The van der Waals surface area contributed by atoms with Gasteiger partial charge in [0.05, 0.1) is 6.04 Å². The van der Waals surface area contributed by atoms with E-state index in [0.717, 1.165) is 18.9 Å². The van der Waals surface area contributed by atoms with Crippen LogP contribution in [0.4, 0.5) is 8.78 Å². The van der Waals surface area contributed by atoms with Gasteiger partial charge in [0.2, 0.25) is 0 Å². The largest absolute Gasteiger partial charge is 0.271 e. The number of hydrogen-bond acceptors (Lipinski definition) is 2. The summed E-state index contributed by atoms with van der Waals surface area (Å²) >= 11 is 0. The fourth-order valence-electron chi connectivity index (χ4n) is 1.90. The van der Waals surface area contributed by atoms with Gasteiger partial charge >= 0.3 is 0 Å². The third-order valence-corrected chi connectivity index (χ3v) is 3.19. The lowest BCUT2D eigenvalue weighted by Crippen LogP contribution is -2.34. The Labute approximate surface area is 87.4 Å². The lowest BCUT2D eigenvalue weighted by Gasteiger charge is -2.23. The zero-order valence-corrected chi connectivity index (χ0v) is 8.56. The predicted molar refractivity (Wildman–Crippen MR) is 53.8 cm³/mol. The highest BCUT2D eigenvalue weighted by Gasteiger charge is 2.46. The fourth-order valence-corrected chi connectivity index (χ4v) is 1.90. The van der Waals surface area contributed by atoms with E-state index in [1.165, 1.54) is 6.07 Å². The quantitative estimate of drug-likeness (QED) is 0.595. The Bertz CT molecular complexity index is 375. The molecule has 4 heteroatoms. The second-order valence-corrected chi connectivity index (χ2v) is 4.40. The monoisotopic (exact) mass is 212 g/mol. The molecule has 15 heavy (non-hydrogen) atoms. The van der Waals surface area contributed by atoms with Gasteiger partial charge in [-0.05, 0) is 24.3 Å². The number of hydrogen-bond donors (Lipinski definition) is 2. The van der Waals surface area contributed by atoms with Gasteiger partial charge in [-0.1, -0.05) is 19.1 Å². The maximum absolute atomic E-state index is 13.5. The lowest BCUT2D eigenvalue weighted by atomic mass is 9.92. The van der Waals surface area contributed by atoms with Gasteiger partial charge in [-0.2, -0.15) is 0 Å². The van der Waals surface area contributed by atoms with Gasteiger partial charge in [0, 0.05) is 5.56 Å². The van der Waals surface area contributed by atoms with Crippen molar-refractivity contribution < 1.29 is 8.78 Å².